The van der Waals surface area contributed by atoms with Crippen molar-refractivity contribution < 1.29 is 14.6 Å². The summed E-state index contributed by atoms with van der Waals surface area (Å²) in [6.07, 6.45) is 0. The molecule has 1 aromatic rings. The van der Waals surface area contributed by atoms with E-state index in [2.05, 4.69) is 5.11 Å². The molecule has 1 heterocycles. The zero-order valence-electron chi connectivity index (χ0n) is 6.78. The highest BCUT2D eigenvalue weighted by molar-refractivity contribution is 5.55. The molecule has 5 heteroatoms. The zero-order valence-corrected chi connectivity index (χ0v) is 6.78. The van der Waals surface area contributed by atoms with Crippen LogP contribution in [0.3, 0.4) is 0 Å². The molecule has 1 aliphatic rings. The first-order valence-electron chi connectivity index (χ1n) is 3.76. The highest BCUT2D eigenvalue weighted by Gasteiger charge is 2.19. The van der Waals surface area contributed by atoms with Gasteiger partial charge in [0, 0.05) is 5.56 Å². The Labute approximate surface area is 74.4 Å². The molecule has 13 heavy (non-hydrogen) atoms. The second-order valence-corrected chi connectivity index (χ2v) is 2.62. The van der Waals surface area contributed by atoms with Gasteiger partial charge in [-0.3, -0.25) is 0 Å². The van der Waals surface area contributed by atoms with Crippen molar-refractivity contribution in [2.24, 2.45) is 5.11 Å². The standard InChI is InChI=1S/C8H8N2O3/c9-10-3-5-1-2-6-8(7(5)11)13-4-12-6/h1-2,9,11H,3-4H2. The molecular formula is C8H8N2O3. The molecule has 0 saturated heterocycles. The fourth-order valence-corrected chi connectivity index (χ4v) is 1.21. The lowest BCUT2D eigenvalue weighted by Gasteiger charge is -2.03. The number of nitrogens with one attached hydrogen (secondary N) is 1. The molecule has 0 saturated carbocycles. The van der Waals surface area contributed by atoms with Crippen LogP contribution in [0.5, 0.6) is 17.2 Å². The van der Waals surface area contributed by atoms with Gasteiger partial charge in [0.25, 0.3) is 0 Å². The van der Waals surface area contributed by atoms with Crippen molar-refractivity contribution in [2.75, 3.05) is 6.79 Å². The third-order valence-corrected chi connectivity index (χ3v) is 1.85. The van der Waals surface area contributed by atoms with Gasteiger partial charge in [-0.25, -0.2) is 5.53 Å². The molecule has 0 bridgehead atoms. The van der Waals surface area contributed by atoms with Crippen molar-refractivity contribution in [3.8, 4) is 17.2 Å². The molecule has 0 aromatic heterocycles. The Balaban J connectivity index is 2.45. The van der Waals surface area contributed by atoms with Crippen molar-refractivity contribution in [2.45, 2.75) is 6.54 Å². The van der Waals surface area contributed by atoms with Gasteiger partial charge in [-0.1, -0.05) is 0 Å². The van der Waals surface area contributed by atoms with Crippen LogP contribution in [0.25, 0.3) is 0 Å². The van der Waals surface area contributed by atoms with Crippen molar-refractivity contribution in [3.63, 3.8) is 0 Å². The second kappa shape index (κ2) is 2.93. The maximum atomic E-state index is 9.59. The zero-order chi connectivity index (χ0) is 9.26. The van der Waals surface area contributed by atoms with E-state index in [-0.39, 0.29) is 19.1 Å². The molecule has 0 amide bonds. The summed E-state index contributed by atoms with van der Waals surface area (Å²) in [5.74, 6) is 0.901. The Morgan fingerprint density at radius 2 is 2.31 bits per heavy atom. The minimum atomic E-state index is 0.0194. The van der Waals surface area contributed by atoms with Crippen molar-refractivity contribution >= 4 is 0 Å². The van der Waals surface area contributed by atoms with Gasteiger partial charge in [-0.2, -0.15) is 5.11 Å². The minimum Gasteiger partial charge on any atom is -0.504 e. The second-order valence-electron chi connectivity index (χ2n) is 2.62. The molecule has 68 valence electrons. The van der Waals surface area contributed by atoms with E-state index >= 15 is 0 Å². The number of phenols is 1. The molecule has 5 nitrogen and oxygen atoms in total. The summed E-state index contributed by atoms with van der Waals surface area (Å²) in [5, 5.41) is 12.8. The smallest absolute Gasteiger partial charge is 0.231 e. The topological polar surface area (TPSA) is 74.9 Å². The molecule has 0 radical (unpaired) electrons. The Morgan fingerprint density at radius 3 is 3.08 bits per heavy atom. The highest BCUT2D eigenvalue weighted by atomic mass is 16.7. The number of fused-ring (bicyclic) bond motifs is 1. The van der Waals surface area contributed by atoms with Gasteiger partial charge in [0.1, 0.15) is 0 Å². The average Bonchev–Trinajstić information content (AvgIpc) is 2.58. The summed E-state index contributed by atoms with van der Waals surface area (Å²) in [7, 11) is 0. The molecule has 0 spiro atoms. The summed E-state index contributed by atoms with van der Waals surface area (Å²) in [5.41, 5.74) is 7.24. The lowest BCUT2D eigenvalue weighted by Crippen LogP contribution is -1.93. The summed E-state index contributed by atoms with van der Waals surface area (Å²) in [4.78, 5) is 0. The van der Waals surface area contributed by atoms with Gasteiger partial charge in [-0.05, 0) is 12.1 Å². The Hall–Kier alpha value is -1.78. The predicted molar refractivity (Wildman–Crippen MR) is 43.1 cm³/mol. The number of benzene rings is 1. The van der Waals surface area contributed by atoms with Crippen LogP contribution in [0, 0.1) is 5.53 Å². The molecule has 0 unspecified atom stereocenters. The van der Waals surface area contributed by atoms with E-state index in [4.69, 9.17) is 15.0 Å². The number of hydrogen-bond donors (Lipinski definition) is 2. The van der Waals surface area contributed by atoms with Crippen molar-refractivity contribution in [1.82, 2.24) is 0 Å². The normalized spacial score (nSPS) is 12.9. The first-order chi connectivity index (χ1) is 6.33. The van der Waals surface area contributed by atoms with Crippen molar-refractivity contribution in [1.29, 1.82) is 5.53 Å². The van der Waals surface area contributed by atoms with E-state index in [1.807, 2.05) is 0 Å². The SMILES string of the molecule is N=NCc1ccc2c(c1O)OCO2. The van der Waals surface area contributed by atoms with Crippen LogP contribution in [0.4, 0.5) is 0 Å². The largest absolute Gasteiger partial charge is 0.504 e. The van der Waals surface area contributed by atoms with Gasteiger partial charge in [0.15, 0.2) is 11.5 Å². The highest BCUT2D eigenvalue weighted by Crippen LogP contribution is 2.42. The molecule has 0 fully saturated rings. The number of rotatable bonds is 2. The predicted octanol–water partition coefficient (Wildman–Crippen LogP) is 1.65. The van der Waals surface area contributed by atoms with Gasteiger partial charge < -0.3 is 14.6 Å². The number of phenolic OH excluding ortho intramolecular Hbond substituents is 1. The third-order valence-electron chi connectivity index (χ3n) is 1.85. The van der Waals surface area contributed by atoms with Crippen LogP contribution in [0.2, 0.25) is 0 Å². The monoisotopic (exact) mass is 180 g/mol. The summed E-state index contributed by atoms with van der Waals surface area (Å²) in [6, 6.07) is 3.36. The molecule has 2 rings (SSSR count). The first-order valence-corrected chi connectivity index (χ1v) is 3.76. The van der Waals surface area contributed by atoms with Crippen molar-refractivity contribution in [3.05, 3.63) is 17.7 Å². The molecular weight excluding hydrogens is 172 g/mol. The lowest BCUT2D eigenvalue weighted by atomic mass is 10.2. The Morgan fingerprint density at radius 1 is 1.46 bits per heavy atom. The van der Waals surface area contributed by atoms with Crippen LogP contribution in [0.15, 0.2) is 17.2 Å². The Kier molecular flexibility index (Phi) is 1.77. The van der Waals surface area contributed by atoms with E-state index in [1.165, 1.54) is 0 Å². The molecule has 0 aliphatic carbocycles. The number of ether oxygens (including phenoxy) is 2. The van der Waals surface area contributed by atoms with Crippen LogP contribution < -0.4 is 9.47 Å². The van der Waals surface area contributed by atoms with Crippen LogP contribution in [-0.2, 0) is 6.54 Å². The van der Waals surface area contributed by atoms with Crippen LogP contribution >= 0.6 is 0 Å². The van der Waals surface area contributed by atoms with Gasteiger partial charge >= 0.3 is 0 Å². The summed E-state index contributed by atoms with van der Waals surface area (Å²) >= 11 is 0. The van der Waals surface area contributed by atoms with Crippen LogP contribution in [0.1, 0.15) is 5.56 Å². The van der Waals surface area contributed by atoms with E-state index in [1.54, 1.807) is 12.1 Å². The summed E-state index contributed by atoms with van der Waals surface area (Å²) < 4.78 is 10.1. The maximum Gasteiger partial charge on any atom is 0.231 e. The van der Waals surface area contributed by atoms with E-state index in [9.17, 15) is 5.11 Å². The lowest BCUT2D eigenvalue weighted by molar-refractivity contribution is 0.171. The van der Waals surface area contributed by atoms with E-state index in [0.717, 1.165) is 0 Å². The fraction of sp³-hybridized carbons (Fsp3) is 0.250. The van der Waals surface area contributed by atoms with Gasteiger partial charge in [0.2, 0.25) is 12.5 Å². The van der Waals surface area contributed by atoms with E-state index in [0.29, 0.717) is 17.1 Å². The minimum absolute atomic E-state index is 0.0194. The molecule has 1 aromatic carbocycles. The number of nitrogens with zero attached hydrogens (tertiary/aromatic N) is 1. The quantitative estimate of drug-likeness (QED) is 0.679. The van der Waals surface area contributed by atoms with E-state index < -0.39 is 0 Å². The fourth-order valence-electron chi connectivity index (χ4n) is 1.21. The van der Waals surface area contributed by atoms with Gasteiger partial charge in [0.05, 0.1) is 6.54 Å². The first kappa shape index (κ1) is 7.85. The summed E-state index contributed by atoms with van der Waals surface area (Å²) in [6.45, 7) is 0.285. The van der Waals surface area contributed by atoms with Gasteiger partial charge in [-0.15, -0.1) is 0 Å². The molecule has 0 atom stereocenters. The van der Waals surface area contributed by atoms with Crippen LogP contribution in [-0.4, -0.2) is 11.9 Å². The average molecular weight is 180 g/mol. The Bertz CT molecular complexity index is 351. The maximum absolute atomic E-state index is 9.59. The molecule has 1 aliphatic heterocycles. The molecule has 2 N–H and O–H groups in total. The third kappa shape index (κ3) is 1.18. The number of hydrogen-bond acceptors (Lipinski definition) is 5. The number of aromatic hydroxyl groups is 1.